The summed E-state index contributed by atoms with van der Waals surface area (Å²) in [4.78, 5) is 38.1. The van der Waals surface area contributed by atoms with Gasteiger partial charge in [0.05, 0.1) is 13.2 Å². The molecule has 0 atom stereocenters. The van der Waals surface area contributed by atoms with Gasteiger partial charge in [0.15, 0.2) is 0 Å². The quantitative estimate of drug-likeness (QED) is 0.408. The zero-order valence-electron chi connectivity index (χ0n) is 17.9. The number of ether oxygens (including phenoxy) is 3. The number of rotatable bonds is 6. The molecule has 0 unspecified atom stereocenters. The van der Waals surface area contributed by atoms with E-state index in [1.807, 2.05) is 36.4 Å². The first kappa shape index (κ1) is 21.6. The van der Waals surface area contributed by atoms with Crippen LogP contribution >= 0.6 is 0 Å². The Balaban J connectivity index is 2.36. The lowest BCUT2D eigenvalue weighted by Gasteiger charge is -2.27. The first-order valence-electron chi connectivity index (χ1n) is 9.98. The van der Waals surface area contributed by atoms with Gasteiger partial charge < -0.3 is 14.2 Å². The molecule has 1 aliphatic rings. The van der Waals surface area contributed by atoms with Crippen LogP contribution in [0.1, 0.15) is 45.7 Å². The third-order valence-corrected chi connectivity index (χ3v) is 5.20. The lowest BCUT2D eigenvalue weighted by atomic mass is 9.81. The lowest BCUT2D eigenvalue weighted by Crippen LogP contribution is -2.43. The Morgan fingerprint density at radius 1 is 0.933 bits per heavy atom. The van der Waals surface area contributed by atoms with Crippen molar-refractivity contribution in [1.29, 1.82) is 0 Å². The molecule has 0 fully saturated rings. The average Bonchev–Trinajstić information content (AvgIpc) is 3.02. The van der Waals surface area contributed by atoms with E-state index in [4.69, 9.17) is 14.2 Å². The van der Waals surface area contributed by atoms with E-state index in [1.54, 1.807) is 27.7 Å². The van der Waals surface area contributed by atoms with Crippen LogP contribution in [0.5, 0.6) is 0 Å². The van der Waals surface area contributed by atoms with E-state index >= 15 is 0 Å². The van der Waals surface area contributed by atoms with Crippen molar-refractivity contribution in [2.45, 2.75) is 45.6 Å². The Hall–Kier alpha value is -3.15. The number of carbonyl (C=O) groups is 3. The van der Waals surface area contributed by atoms with Crippen LogP contribution in [0.15, 0.2) is 42.5 Å². The number of esters is 3. The summed E-state index contributed by atoms with van der Waals surface area (Å²) in [5.41, 5.74) is -1.17. The molecule has 1 aliphatic carbocycles. The van der Waals surface area contributed by atoms with Crippen LogP contribution < -0.4 is 0 Å². The van der Waals surface area contributed by atoms with Crippen LogP contribution in [0.3, 0.4) is 0 Å². The van der Waals surface area contributed by atoms with Crippen molar-refractivity contribution in [3.63, 3.8) is 0 Å². The number of hydrogen-bond donors (Lipinski definition) is 0. The van der Waals surface area contributed by atoms with E-state index in [2.05, 4.69) is 0 Å². The monoisotopic (exact) mass is 410 g/mol. The van der Waals surface area contributed by atoms with E-state index in [0.717, 1.165) is 10.8 Å². The van der Waals surface area contributed by atoms with Gasteiger partial charge in [-0.25, -0.2) is 0 Å². The minimum atomic E-state index is -1.77. The smallest absolute Gasteiger partial charge is 0.332 e. The fourth-order valence-electron chi connectivity index (χ4n) is 3.98. The van der Waals surface area contributed by atoms with E-state index < -0.39 is 28.9 Å². The molecule has 0 saturated carbocycles. The molecule has 0 bridgehead atoms. The minimum absolute atomic E-state index is 0.111. The predicted octanol–water partition coefficient (Wildman–Crippen LogP) is 3.94. The molecule has 30 heavy (non-hydrogen) atoms. The Labute approximate surface area is 175 Å². The molecule has 3 rings (SSSR count). The molecule has 2 aromatic carbocycles. The number of carbonyl (C=O) groups excluding carboxylic acids is 3. The Bertz CT molecular complexity index is 1030. The number of hydrogen-bond acceptors (Lipinski definition) is 6. The maximum atomic E-state index is 13.2. The normalized spacial score (nSPS) is 14.6. The van der Waals surface area contributed by atoms with Crippen LogP contribution in [0.4, 0.5) is 0 Å². The standard InChI is InChI=1S/C24H26O6/c1-6-28-21(26)24(22(27)29-7-2)14-20(23(4,5)30-15(3)25)18-12-16-10-8-9-11-17(16)13-19(18)24/h8-14H,6-7H2,1-5H3. The fraction of sp³-hybridized carbons (Fsp3) is 0.375. The van der Waals surface area contributed by atoms with Gasteiger partial charge in [-0.15, -0.1) is 0 Å². The summed E-state index contributed by atoms with van der Waals surface area (Å²) in [7, 11) is 0. The Kier molecular flexibility index (Phi) is 5.70. The molecule has 0 aliphatic heterocycles. The van der Waals surface area contributed by atoms with Gasteiger partial charge in [0.1, 0.15) is 5.60 Å². The van der Waals surface area contributed by atoms with Gasteiger partial charge in [0.2, 0.25) is 5.41 Å². The second-order valence-electron chi connectivity index (χ2n) is 7.66. The number of fused-ring (bicyclic) bond motifs is 2. The third-order valence-electron chi connectivity index (χ3n) is 5.20. The molecule has 0 amide bonds. The van der Waals surface area contributed by atoms with Crippen molar-refractivity contribution < 1.29 is 28.6 Å². The molecule has 0 N–H and O–H groups in total. The molecule has 0 aromatic heterocycles. The topological polar surface area (TPSA) is 78.9 Å². The van der Waals surface area contributed by atoms with Crippen LogP contribution in [0, 0.1) is 0 Å². The maximum Gasteiger partial charge on any atom is 0.332 e. The van der Waals surface area contributed by atoms with E-state index in [1.165, 1.54) is 13.0 Å². The molecule has 0 heterocycles. The molecular weight excluding hydrogens is 384 g/mol. The lowest BCUT2D eigenvalue weighted by molar-refractivity contribution is -0.161. The maximum absolute atomic E-state index is 13.2. The van der Waals surface area contributed by atoms with E-state index in [9.17, 15) is 14.4 Å². The van der Waals surface area contributed by atoms with Gasteiger partial charge in [-0.2, -0.15) is 0 Å². The highest BCUT2D eigenvalue weighted by atomic mass is 16.6. The van der Waals surface area contributed by atoms with Crippen molar-refractivity contribution >= 4 is 34.3 Å². The summed E-state index contributed by atoms with van der Waals surface area (Å²) in [6, 6.07) is 11.4. The predicted molar refractivity (Wildman–Crippen MR) is 113 cm³/mol. The summed E-state index contributed by atoms with van der Waals surface area (Å²) in [6.45, 7) is 8.36. The zero-order chi connectivity index (χ0) is 22.1. The van der Waals surface area contributed by atoms with Gasteiger partial charge >= 0.3 is 17.9 Å². The summed E-state index contributed by atoms with van der Waals surface area (Å²) in [6.07, 6.45) is 1.54. The highest BCUT2D eigenvalue weighted by Gasteiger charge is 2.55. The van der Waals surface area contributed by atoms with E-state index in [0.29, 0.717) is 16.7 Å². The molecule has 6 nitrogen and oxygen atoms in total. The summed E-state index contributed by atoms with van der Waals surface area (Å²) in [5.74, 6) is -1.89. The molecule has 6 heteroatoms. The van der Waals surface area contributed by atoms with Crippen molar-refractivity contribution in [2.75, 3.05) is 13.2 Å². The van der Waals surface area contributed by atoms with Gasteiger partial charge in [-0.3, -0.25) is 14.4 Å². The Morgan fingerprint density at radius 2 is 1.47 bits per heavy atom. The molecule has 0 radical (unpaired) electrons. The third kappa shape index (κ3) is 3.47. The Morgan fingerprint density at radius 3 is 1.97 bits per heavy atom. The van der Waals surface area contributed by atoms with Crippen molar-refractivity contribution in [3.05, 3.63) is 53.6 Å². The van der Waals surface area contributed by atoms with Crippen molar-refractivity contribution in [2.24, 2.45) is 0 Å². The highest BCUT2D eigenvalue weighted by Crippen LogP contribution is 2.48. The van der Waals surface area contributed by atoms with Crippen LogP contribution in [0.25, 0.3) is 16.3 Å². The van der Waals surface area contributed by atoms with Gasteiger partial charge in [-0.05, 0) is 67.8 Å². The van der Waals surface area contributed by atoms with Crippen LogP contribution in [0.2, 0.25) is 0 Å². The molecule has 158 valence electrons. The van der Waals surface area contributed by atoms with Crippen molar-refractivity contribution in [3.8, 4) is 0 Å². The molecular formula is C24H26O6. The molecule has 0 saturated heterocycles. The SMILES string of the molecule is CCOC(=O)C1(C(=O)OCC)C=C(C(C)(C)OC(C)=O)c2cc3ccccc3cc21. The molecule has 0 spiro atoms. The second kappa shape index (κ2) is 7.94. The summed E-state index contributed by atoms with van der Waals surface area (Å²) < 4.78 is 16.2. The average molecular weight is 410 g/mol. The van der Waals surface area contributed by atoms with E-state index in [-0.39, 0.29) is 13.2 Å². The minimum Gasteiger partial charge on any atom is -0.465 e. The first-order valence-corrected chi connectivity index (χ1v) is 9.98. The number of benzene rings is 2. The highest BCUT2D eigenvalue weighted by molar-refractivity contribution is 6.14. The second-order valence-corrected chi connectivity index (χ2v) is 7.66. The van der Waals surface area contributed by atoms with Crippen LogP contribution in [-0.2, 0) is 34.0 Å². The van der Waals surface area contributed by atoms with Gasteiger partial charge in [0.25, 0.3) is 0 Å². The van der Waals surface area contributed by atoms with Gasteiger partial charge in [-0.1, -0.05) is 24.3 Å². The molecule has 2 aromatic rings. The van der Waals surface area contributed by atoms with Crippen molar-refractivity contribution in [1.82, 2.24) is 0 Å². The summed E-state index contributed by atoms with van der Waals surface area (Å²) in [5, 5.41) is 1.80. The van der Waals surface area contributed by atoms with Crippen LogP contribution in [-0.4, -0.2) is 36.7 Å². The zero-order valence-corrected chi connectivity index (χ0v) is 17.9. The van der Waals surface area contributed by atoms with Gasteiger partial charge in [0, 0.05) is 12.5 Å². The first-order chi connectivity index (χ1) is 14.2. The fourth-order valence-corrected chi connectivity index (χ4v) is 3.98. The summed E-state index contributed by atoms with van der Waals surface area (Å²) >= 11 is 0. The largest absolute Gasteiger partial charge is 0.465 e.